The second kappa shape index (κ2) is 4.74. The van der Waals surface area contributed by atoms with Crippen molar-refractivity contribution in [2.45, 2.75) is 40.0 Å². The van der Waals surface area contributed by atoms with Crippen molar-refractivity contribution in [3.63, 3.8) is 0 Å². The maximum atomic E-state index is 12.1. The van der Waals surface area contributed by atoms with E-state index in [0.29, 0.717) is 5.78 Å². The lowest BCUT2D eigenvalue weighted by Gasteiger charge is -2.34. The Kier molecular flexibility index (Phi) is 3.87. The standard InChI is InChI=1S/C12H21NO/c1-4-12(5-7-13-8-6-12)11(14)9-10(2)3/h9,13H,4-8H2,1-3H3. The number of ketones is 1. The fourth-order valence-corrected chi connectivity index (χ4v) is 2.09. The first kappa shape index (κ1) is 11.4. The second-order valence-electron chi connectivity index (χ2n) is 4.47. The first-order chi connectivity index (χ1) is 6.60. The van der Waals surface area contributed by atoms with E-state index >= 15 is 0 Å². The lowest BCUT2D eigenvalue weighted by atomic mass is 9.73. The monoisotopic (exact) mass is 195 g/mol. The van der Waals surface area contributed by atoms with E-state index in [1.807, 2.05) is 19.9 Å². The maximum absolute atomic E-state index is 12.1. The summed E-state index contributed by atoms with van der Waals surface area (Å²) < 4.78 is 0. The average Bonchev–Trinajstić information content (AvgIpc) is 2.18. The highest BCUT2D eigenvalue weighted by Crippen LogP contribution is 2.34. The Hall–Kier alpha value is -0.630. The van der Waals surface area contributed by atoms with Gasteiger partial charge in [0.25, 0.3) is 0 Å². The molecule has 0 amide bonds. The minimum absolute atomic E-state index is 0.0669. The van der Waals surface area contributed by atoms with E-state index in [9.17, 15) is 4.79 Å². The van der Waals surface area contributed by atoms with Gasteiger partial charge in [0, 0.05) is 5.41 Å². The third kappa shape index (κ3) is 2.44. The van der Waals surface area contributed by atoms with Gasteiger partial charge in [-0.25, -0.2) is 0 Å². The normalized spacial score (nSPS) is 20.2. The molecule has 1 saturated heterocycles. The molecular formula is C12H21NO. The molecule has 0 aromatic heterocycles. The Morgan fingerprint density at radius 1 is 1.36 bits per heavy atom. The van der Waals surface area contributed by atoms with E-state index in [4.69, 9.17) is 0 Å². The van der Waals surface area contributed by atoms with Gasteiger partial charge in [-0.15, -0.1) is 0 Å². The molecule has 0 unspecified atom stereocenters. The Balaban J connectivity index is 2.77. The number of hydrogen-bond donors (Lipinski definition) is 1. The van der Waals surface area contributed by atoms with E-state index in [1.165, 1.54) is 0 Å². The summed E-state index contributed by atoms with van der Waals surface area (Å²) in [4.78, 5) is 12.1. The molecule has 2 heteroatoms. The van der Waals surface area contributed by atoms with Gasteiger partial charge in [0.1, 0.15) is 0 Å². The number of piperidine rings is 1. The van der Waals surface area contributed by atoms with Crippen molar-refractivity contribution >= 4 is 5.78 Å². The van der Waals surface area contributed by atoms with Gasteiger partial charge < -0.3 is 5.32 Å². The number of carbonyl (C=O) groups is 1. The Morgan fingerprint density at radius 2 is 1.93 bits per heavy atom. The topological polar surface area (TPSA) is 29.1 Å². The van der Waals surface area contributed by atoms with Crippen LogP contribution in [0.4, 0.5) is 0 Å². The van der Waals surface area contributed by atoms with Crippen LogP contribution in [0.3, 0.4) is 0 Å². The predicted molar refractivity (Wildman–Crippen MR) is 59.3 cm³/mol. The lowest BCUT2D eigenvalue weighted by Crippen LogP contribution is -2.41. The van der Waals surface area contributed by atoms with Crippen molar-refractivity contribution < 1.29 is 4.79 Å². The lowest BCUT2D eigenvalue weighted by molar-refractivity contribution is -0.125. The SMILES string of the molecule is CCC1(C(=O)C=C(C)C)CCNCC1. The van der Waals surface area contributed by atoms with Crippen molar-refractivity contribution in [2.75, 3.05) is 13.1 Å². The molecule has 1 aliphatic heterocycles. The van der Waals surface area contributed by atoms with Gasteiger partial charge in [0.05, 0.1) is 0 Å². The predicted octanol–water partition coefficient (Wildman–Crippen LogP) is 2.30. The summed E-state index contributed by atoms with van der Waals surface area (Å²) in [6, 6.07) is 0. The quantitative estimate of drug-likeness (QED) is 0.700. The summed E-state index contributed by atoms with van der Waals surface area (Å²) in [5.41, 5.74) is 1.05. The van der Waals surface area contributed by atoms with Crippen molar-refractivity contribution in [1.29, 1.82) is 0 Å². The van der Waals surface area contributed by atoms with Gasteiger partial charge in [-0.2, -0.15) is 0 Å². The van der Waals surface area contributed by atoms with Crippen LogP contribution in [0, 0.1) is 5.41 Å². The van der Waals surface area contributed by atoms with Crippen LogP contribution >= 0.6 is 0 Å². The first-order valence-electron chi connectivity index (χ1n) is 5.51. The molecule has 0 spiro atoms. The minimum Gasteiger partial charge on any atom is -0.317 e. The molecule has 0 atom stereocenters. The molecule has 1 aliphatic rings. The maximum Gasteiger partial charge on any atom is 0.161 e. The van der Waals surface area contributed by atoms with Gasteiger partial charge in [-0.3, -0.25) is 4.79 Å². The number of nitrogens with one attached hydrogen (secondary N) is 1. The molecule has 0 aromatic rings. The third-order valence-electron chi connectivity index (χ3n) is 3.18. The summed E-state index contributed by atoms with van der Waals surface area (Å²) in [5, 5.41) is 3.31. The smallest absolute Gasteiger partial charge is 0.161 e. The Bertz CT molecular complexity index is 233. The highest BCUT2D eigenvalue weighted by molar-refractivity contribution is 5.95. The first-order valence-corrected chi connectivity index (χ1v) is 5.51. The molecule has 0 aromatic carbocycles. The second-order valence-corrected chi connectivity index (χ2v) is 4.47. The van der Waals surface area contributed by atoms with Gasteiger partial charge in [0.15, 0.2) is 5.78 Å². The molecule has 2 nitrogen and oxygen atoms in total. The molecule has 0 bridgehead atoms. The summed E-state index contributed by atoms with van der Waals surface area (Å²) >= 11 is 0. The largest absolute Gasteiger partial charge is 0.317 e. The summed E-state index contributed by atoms with van der Waals surface area (Å²) in [5.74, 6) is 0.335. The molecule has 0 saturated carbocycles. The molecule has 1 N–H and O–H groups in total. The average molecular weight is 195 g/mol. The molecule has 14 heavy (non-hydrogen) atoms. The van der Waals surface area contributed by atoms with Gasteiger partial charge >= 0.3 is 0 Å². The molecule has 1 fully saturated rings. The Morgan fingerprint density at radius 3 is 2.36 bits per heavy atom. The summed E-state index contributed by atoms with van der Waals surface area (Å²) in [6.07, 6.45) is 4.77. The van der Waals surface area contributed by atoms with Crippen molar-refractivity contribution in [2.24, 2.45) is 5.41 Å². The van der Waals surface area contributed by atoms with E-state index in [0.717, 1.165) is 37.9 Å². The minimum atomic E-state index is -0.0669. The molecule has 1 rings (SSSR count). The van der Waals surface area contributed by atoms with E-state index in [1.54, 1.807) is 0 Å². The fraction of sp³-hybridized carbons (Fsp3) is 0.750. The van der Waals surface area contributed by atoms with Gasteiger partial charge in [-0.1, -0.05) is 12.5 Å². The summed E-state index contributed by atoms with van der Waals surface area (Å²) in [7, 11) is 0. The zero-order chi connectivity index (χ0) is 10.6. The molecular weight excluding hydrogens is 174 g/mol. The van der Waals surface area contributed by atoms with Crippen LogP contribution in [-0.2, 0) is 4.79 Å². The number of rotatable bonds is 3. The Labute approximate surface area is 86.8 Å². The highest BCUT2D eigenvalue weighted by Gasteiger charge is 2.35. The number of hydrogen-bond acceptors (Lipinski definition) is 2. The number of carbonyl (C=O) groups excluding carboxylic acids is 1. The molecule has 80 valence electrons. The fourth-order valence-electron chi connectivity index (χ4n) is 2.09. The van der Waals surface area contributed by atoms with Crippen molar-refractivity contribution in [3.05, 3.63) is 11.6 Å². The highest BCUT2D eigenvalue weighted by atomic mass is 16.1. The van der Waals surface area contributed by atoms with E-state index in [2.05, 4.69) is 12.2 Å². The summed E-state index contributed by atoms with van der Waals surface area (Å²) in [6.45, 7) is 8.07. The third-order valence-corrected chi connectivity index (χ3v) is 3.18. The van der Waals surface area contributed by atoms with Crippen LogP contribution in [0.15, 0.2) is 11.6 Å². The zero-order valence-electron chi connectivity index (χ0n) is 9.52. The van der Waals surface area contributed by atoms with E-state index in [-0.39, 0.29) is 5.41 Å². The molecule has 0 radical (unpaired) electrons. The zero-order valence-corrected chi connectivity index (χ0v) is 9.52. The number of allylic oxidation sites excluding steroid dienone is 2. The van der Waals surface area contributed by atoms with Crippen molar-refractivity contribution in [3.8, 4) is 0 Å². The van der Waals surface area contributed by atoms with Gasteiger partial charge in [0.2, 0.25) is 0 Å². The van der Waals surface area contributed by atoms with Crippen LogP contribution in [0.25, 0.3) is 0 Å². The van der Waals surface area contributed by atoms with Crippen LogP contribution in [0.1, 0.15) is 40.0 Å². The van der Waals surface area contributed by atoms with E-state index < -0.39 is 0 Å². The molecule has 0 aliphatic carbocycles. The van der Waals surface area contributed by atoms with Crippen LogP contribution in [-0.4, -0.2) is 18.9 Å². The van der Waals surface area contributed by atoms with Gasteiger partial charge in [-0.05, 0) is 52.3 Å². The van der Waals surface area contributed by atoms with Crippen molar-refractivity contribution in [1.82, 2.24) is 5.32 Å². The van der Waals surface area contributed by atoms with Crippen LogP contribution in [0.2, 0.25) is 0 Å². The molecule has 1 heterocycles. The van der Waals surface area contributed by atoms with Crippen LogP contribution < -0.4 is 5.32 Å². The van der Waals surface area contributed by atoms with Crippen LogP contribution in [0.5, 0.6) is 0 Å².